The quantitative estimate of drug-likeness (QED) is 0.00704. The zero-order chi connectivity index (χ0) is 93.1. The monoisotopic (exact) mass is 1850 g/mol. The minimum atomic E-state index is -5.05. The molecule has 708 valence electrons. The van der Waals surface area contributed by atoms with Crippen molar-refractivity contribution in [1.82, 2.24) is 5.32 Å². The molecular formula is C99H127N4O26PSi. The minimum Gasteiger partial charge on any atom is -0.462 e. The lowest BCUT2D eigenvalue weighted by Gasteiger charge is -2.50. The predicted octanol–water partition coefficient (Wildman–Crippen LogP) is 17.4. The number of azide groups is 1. The van der Waals surface area contributed by atoms with Gasteiger partial charge in [-0.15, -0.1) is 0 Å². The molecule has 1 amide bonds. The Morgan fingerprint density at radius 1 is 0.557 bits per heavy atom. The minimum absolute atomic E-state index is 0.0237. The van der Waals surface area contributed by atoms with Crippen LogP contribution < -0.4 is 5.32 Å². The second-order valence-electron chi connectivity index (χ2n) is 35.2. The maximum atomic E-state index is 16.3. The van der Waals surface area contributed by atoms with Gasteiger partial charge in [0, 0.05) is 17.8 Å². The Balaban J connectivity index is 1.02. The molecule has 0 radical (unpaired) electrons. The van der Waals surface area contributed by atoms with Gasteiger partial charge in [0.15, 0.2) is 32.8 Å². The zero-order valence-electron chi connectivity index (χ0n) is 76.9. The van der Waals surface area contributed by atoms with Crippen LogP contribution in [0.1, 0.15) is 165 Å². The number of nitrogens with one attached hydrogen (secondary N) is 1. The number of phosphoric ester groups is 1. The van der Waals surface area contributed by atoms with Crippen molar-refractivity contribution >= 4 is 45.9 Å². The number of fused-ring (bicyclic) bond motifs is 2. The van der Waals surface area contributed by atoms with Crippen LogP contribution in [0.4, 0.5) is 0 Å². The Labute approximate surface area is 768 Å². The van der Waals surface area contributed by atoms with E-state index in [0.29, 0.717) is 28.7 Å². The van der Waals surface area contributed by atoms with E-state index in [9.17, 15) is 10.3 Å². The van der Waals surface area contributed by atoms with Gasteiger partial charge in [0.25, 0.3) is 5.79 Å². The number of hydrogen-bond acceptors (Lipinski definition) is 27. The van der Waals surface area contributed by atoms with E-state index >= 15 is 23.7 Å². The summed E-state index contributed by atoms with van der Waals surface area (Å²) >= 11 is 0. The van der Waals surface area contributed by atoms with Gasteiger partial charge in [0.05, 0.1) is 104 Å². The van der Waals surface area contributed by atoms with Gasteiger partial charge in [-0.3, -0.25) is 32.7 Å². The number of esters is 4. The molecule has 0 bridgehead atoms. The van der Waals surface area contributed by atoms with Crippen LogP contribution in [0.15, 0.2) is 211 Å². The van der Waals surface area contributed by atoms with Crippen LogP contribution >= 0.6 is 7.82 Å². The van der Waals surface area contributed by atoms with Crippen LogP contribution in [-0.2, 0) is 175 Å². The summed E-state index contributed by atoms with van der Waals surface area (Å²) in [5.41, 5.74) is 16.6. The van der Waals surface area contributed by atoms with Crippen molar-refractivity contribution < 1.29 is 122 Å². The molecule has 12 rings (SSSR count). The molecule has 1 N–H and O–H groups in total. The highest BCUT2D eigenvalue weighted by atomic mass is 31.2. The molecule has 7 aromatic rings. The highest BCUT2D eigenvalue weighted by molar-refractivity contribution is 7.48. The van der Waals surface area contributed by atoms with Crippen LogP contribution in [-0.4, -0.2) is 174 Å². The van der Waals surface area contributed by atoms with E-state index in [0.717, 1.165) is 22.3 Å². The Hall–Kier alpha value is -8.99. The molecule has 131 heavy (non-hydrogen) atoms. The van der Waals surface area contributed by atoms with E-state index in [4.69, 9.17) is 93.8 Å². The normalized spacial score (nSPS) is 25.0. The molecule has 0 spiro atoms. The number of carbonyl (C=O) groups is 5. The van der Waals surface area contributed by atoms with Gasteiger partial charge in [-0.25, -0.2) is 9.36 Å². The van der Waals surface area contributed by atoms with Crippen LogP contribution in [0.5, 0.6) is 0 Å². The molecular weight excluding hydrogens is 1720 g/mol. The molecule has 4 saturated heterocycles. The largest absolute Gasteiger partial charge is 0.475 e. The van der Waals surface area contributed by atoms with Crippen LogP contribution in [0, 0.1) is 5.92 Å². The lowest BCUT2D eigenvalue weighted by molar-refractivity contribution is -0.337. The van der Waals surface area contributed by atoms with E-state index in [1.165, 1.54) is 0 Å². The fraction of sp³-hybridized carbons (Fsp3) is 0.525. The van der Waals surface area contributed by atoms with Crippen molar-refractivity contribution in [2.24, 2.45) is 11.0 Å². The molecule has 5 heterocycles. The second kappa shape index (κ2) is 48.3. The summed E-state index contributed by atoms with van der Waals surface area (Å²) < 4.78 is 153. The third-order valence-corrected chi connectivity index (χ3v) is 30.7. The first-order chi connectivity index (χ1) is 63.1. The lowest BCUT2D eigenvalue weighted by atomic mass is 9.92. The van der Waals surface area contributed by atoms with Gasteiger partial charge in [-0.1, -0.05) is 267 Å². The van der Waals surface area contributed by atoms with Crippen molar-refractivity contribution in [2.45, 2.75) is 307 Å². The van der Waals surface area contributed by atoms with Gasteiger partial charge >= 0.3 is 31.7 Å². The number of carbonyl (C=O) groups excluding carboxylic acids is 5. The van der Waals surface area contributed by atoms with Crippen molar-refractivity contribution in [2.75, 3.05) is 19.8 Å². The van der Waals surface area contributed by atoms with E-state index in [-0.39, 0.29) is 91.1 Å². The van der Waals surface area contributed by atoms with Crippen LogP contribution in [0.25, 0.3) is 10.4 Å². The summed E-state index contributed by atoms with van der Waals surface area (Å²) in [4.78, 5) is 79.4. The summed E-state index contributed by atoms with van der Waals surface area (Å²) in [6.45, 7) is 20.5. The smallest absolute Gasteiger partial charge is 0.462 e. The van der Waals surface area contributed by atoms with Crippen molar-refractivity contribution in [3.05, 3.63) is 261 Å². The number of amides is 1. The second-order valence-corrected chi connectivity index (χ2v) is 41.4. The van der Waals surface area contributed by atoms with E-state index < -0.39 is 199 Å². The average molecular weight is 1850 g/mol. The van der Waals surface area contributed by atoms with Gasteiger partial charge < -0.3 is 85.5 Å². The van der Waals surface area contributed by atoms with E-state index in [2.05, 4.69) is 43.0 Å². The molecule has 32 heteroatoms. The Bertz CT molecular complexity index is 4810. The van der Waals surface area contributed by atoms with Gasteiger partial charge in [0.2, 0.25) is 5.91 Å². The third-order valence-electron chi connectivity index (χ3n) is 24.8. The summed E-state index contributed by atoms with van der Waals surface area (Å²) in [6, 6.07) is 59.8. The molecule has 30 nitrogen and oxygen atoms in total. The van der Waals surface area contributed by atoms with Crippen molar-refractivity contribution in [1.29, 1.82) is 0 Å². The van der Waals surface area contributed by atoms with Crippen molar-refractivity contribution in [3.63, 3.8) is 0 Å². The molecule has 18 atom stereocenters. The van der Waals surface area contributed by atoms with Gasteiger partial charge in [0.1, 0.15) is 73.6 Å². The lowest BCUT2D eigenvalue weighted by Crippen LogP contribution is -2.68. The fourth-order valence-electron chi connectivity index (χ4n) is 16.1. The highest BCUT2D eigenvalue weighted by Crippen LogP contribution is 2.56. The van der Waals surface area contributed by atoms with Crippen LogP contribution in [0.2, 0.25) is 18.1 Å². The maximum Gasteiger partial charge on any atom is 0.475 e. The van der Waals surface area contributed by atoms with E-state index in [1.54, 1.807) is 76.2 Å². The zero-order valence-corrected chi connectivity index (χ0v) is 78.8. The molecule has 7 aromatic carbocycles. The number of ether oxygens (including phenoxy) is 16. The molecule has 5 aliphatic heterocycles. The predicted molar refractivity (Wildman–Crippen MR) is 483 cm³/mol. The number of nitrogens with zero attached hydrogens (tertiary/aromatic N) is 3. The number of benzene rings is 7. The SMILES string of the molecule is CCC(=O)O[C@H](CC)CC(=O)NC1[C@H](OCC2O[C@@H](O[Si](C)(C)C(C)(C)C(C)C)C(N=[N+]=[N-])[C@@H](OC(=O)C[C@@H](CC)OCc3ccccc3)[C@@H]2OCc2ccccc2)OC(CO[C@]2(C(=O)OCc3ccccc3)C[C@H]3OC(C)(C)O[C@H]3C([C@@H](COCc3ccccc3)OCc3ccccc3)O2)[C@@H](OP2(=O)OCc3ccccc3CO2)[C@@H]1OC(=O)C[C@@H](CC)OCc1ccccc1. The van der Waals surface area contributed by atoms with Crippen molar-refractivity contribution in [3.8, 4) is 0 Å². The molecule has 5 aliphatic rings. The molecule has 5 unspecified atom stereocenters. The Morgan fingerprint density at radius 2 is 1.04 bits per heavy atom. The molecule has 4 fully saturated rings. The highest BCUT2D eigenvalue weighted by Gasteiger charge is 2.64. The fourth-order valence-corrected chi connectivity index (χ4v) is 19.9. The Morgan fingerprint density at radius 3 is 1.55 bits per heavy atom. The summed E-state index contributed by atoms with van der Waals surface area (Å²) in [7, 11) is -8.19. The first-order valence-electron chi connectivity index (χ1n) is 45.4. The number of rotatable bonds is 47. The summed E-state index contributed by atoms with van der Waals surface area (Å²) in [6.07, 6.45) is -21.5. The number of phosphoric acid groups is 1. The van der Waals surface area contributed by atoms with Crippen LogP contribution in [0.3, 0.4) is 0 Å². The summed E-state index contributed by atoms with van der Waals surface area (Å²) in [5.74, 6) is -8.04. The third kappa shape index (κ3) is 28.3. The van der Waals surface area contributed by atoms with Gasteiger partial charge in [-0.2, -0.15) is 0 Å². The molecule has 0 saturated carbocycles. The summed E-state index contributed by atoms with van der Waals surface area (Å²) in [5, 5.41) is 6.88. The molecule has 0 aromatic heterocycles. The molecule has 0 aliphatic carbocycles. The topological polar surface area (TPSA) is 348 Å². The Kier molecular flexibility index (Phi) is 37.2. The average Bonchev–Trinajstić information content (AvgIpc) is 1.64. The first-order valence-corrected chi connectivity index (χ1v) is 49.7. The van der Waals surface area contributed by atoms with E-state index in [1.807, 2.05) is 185 Å². The maximum absolute atomic E-state index is 16.3. The standard InChI is InChI=1S/C99H127N4O26PSi/c1-13-75(111-56-68-39-25-18-26-40-68)52-84(106)123-92-86(101-82(104)51-77(15-3)120-83(105)16-4)94(115-64-80-88(114-59-71-45-31-21-32-46-71)93(124-85(107)53-76(14-2)112-57-69-41-27-19-28-42-69)87(102-103-100)95(122-80)129-131(11,12)97(7,8)66(5)6)121-81(91(92)128-130(109)118-61-73-49-35-36-50-74(73)62-119-130)65-117-99(96(108)116-60-72-47-33-22-34-48-72)54-78-89(126-98(9,10)125-78)90(127-99)79(113-58-70-43-29-20-30-44-70)63-110-55-67-37-23-17-24-38-67/h17-50,66,75-81,86-95H,13-16,51-65H2,1-12H3,(H,101,104)/t75-,76-,77-,78-,79-,80?,81?,86?,87?,88-,89-,90?,91-,92-,93-,94-,95+,99-/m1/s1. The van der Waals surface area contributed by atoms with Gasteiger partial charge in [-0.05, 0) is 107 Å². The number of hydrogen-bond donors (Lipinski definition) is 1. The first kappa shape index (κ1) is 101.